The lowest BCUT2D eigenvalue weighted by molar-refractivity contribution is 0.100. The first-order valence-corrected chi connectivity index (χ1v) is 5.24. The van der Waals surface area contributed by atoms with Crippen LogP contribution >= 0.6 is 0 Å². The maximum absolute atomic E-state index is 11.1. The average Bonchev–Trinajstić information content (AvgIpc) is 2.55. The number of benzene rings is 1. The van der Waals surface area contributed by atoms with Crippen LogP contribution in [0.5, 0.6) is 0 Å². The van der Waals surface area contributed by atoms with Crippen molar-refractivity contribution in [3.8, 4) is 0 Å². The average molecular weight is 217 g/mol. The third-order valence-corrected chi connectivity index (χ3v) is 2.80. The van der Waals surface area contributed by atoms with Gasteiger partial charge in [0.25, 0.3) is 0 Å². The Kier molecular flexibility index (Phi) is 2.66. The fourth-order valence-electron chi connectivity index (χ4n) is 2.00. The van der Waals surface area contributed by atoms with Crippen molar-refractivity contribution in [2.24, 2.45) is 11.5 Å². The van der Waals surface area contributed by atoms with Crippen molar-refractivity contribution >= 4 is 16.8 Å². The molecule has 0 aliphatic carbocycles. The Hall–Kier alpha value is -1.81. The lowest BCUT2D eigenvalue weighted by Crippen LogP contribution is -2.10. The van der Waals surface area contributed by atoms with E-state index in [1.54, 1.807) is 6.07 Å². The van der Waals surface area contributed by atoms with E-state index in [0.717, 1.165) is 23.0 Å². The second kappa shape index (κ2) is 3.98. The lowest BCUT2D eigenvalue weighted by atomic mass is 10.1. The summed E-state index contributed by atoms with van der Waals surface area (Å²) in [5, 5.41) is 1.04. The number of H-pyrrole nitrogens is 1. The highest BCUT2D eigenvalue weighted by Gasteiger charge is 2.09. The second-order valence-electron chi connectivity index (χ2n) is 3.89. The summed E-state index contributed by atoms with van der Waals surface area (Å²) in [4.78, 5) is 14.4. The number of nitrogens with two attached hydrogens (primary N) is 2. The Morgan fingerprint density at radius 1 is 1.44 bits per heavy atom. The smallest absolute Gasteiger partial charge is 0.248 e. The zero-order valence-corrected chi connectivity index (χ0v) is 9.21. The first-order valence-electron chi connectivity index (χ1n) is 5.24. The first kappa shape index (κ1) is 10.7. The van der Waals surface area contributed by atoms with Gasteiger partial charge in [0.2, 0.25) is 5.91 Å². The fourth-order valence-corrected chi connectivity index (χ4v) is 2.00. The maximum atomic E-state index is 11.1. The zero-order chi connectivity index (χ0) is 11.7. The van der Waals surface area contributed by atoms with Gasteiger partial charge in [-0.2, -0.15) is 0 Å². The van der Waals surface area contributed by atoms with Gasteiger partial charge in [-0.05, 0) is 43.7 Å². The van der Waals surface area contributed by atoms with Gasteiger partial charge in [-0.15, -0.1) is 0 Å². The van der Waals surface area contributed by atoms with Crippen LogP contribution in [0, 0.1) is 6.92 Å². The summed E-state index contributed by atoms with van der Waals surface area (Å²) >= 11 is 0. The van der Waals surface area contributed by atoms with E-state index in [1.165, 1.54) is 5.56 Å². The molecule has 0 aliphatic heterocycles. The van der Waals surface area contributed by atoms with Gasteiger partial charge in [0.1, 0.15) is 0 Å². The van der Waals surface area contributed by atoms with Crippen molar-refractivity contribution in [3.63, 3.8) is 0 Å². The Morgan fingerprint density at radius 2 is 2.19 bits per heavy atom. The first-order chi connectivity index (χ1) is 7.63. The number of nitrogens with one attached hydrogen (secondary N) is 1. The molecule has 0 atom stereocenters. The molecular weight excluding hydrogens is 202 g/mol. The van der Waals surface area contributed by atoms with E-state index >= 15 is 0 Å². The molecule has 0 bridgehead atoms. The highest BCUT2D eigenvalue weighted by molar-refractivity contribution is 5.98. The van der Waals surface area contributed by atoms with E-state index in [4.69, 9.17) is 11.5 Å². The van der Waals surface area contributed by atoms with Crippen LogP contribution in [0.25, 0.3) is 10.9 Å². The normalized spacial score (nSPS) is 10.9. The van der Waals surface area contributed by atoms with Crippen LogP contribution in [-0.4, -0.2) is 17.4 Å². The van der Waals surface area contributed by atoms with Crippen LogP contribution in [0.4, 0.5) is 0 Å². The molecule has 1 amide bonds. The van der Waals surface area contributed by atoms with E-state index in [0.29, 0.717) is 12.1 Å². The van der Waals surface area contributed by atoms with Crippen molar-refractivity contribution in [2.75, 3.05) is 6.54 Å². The molecule has 1 aromatic carbocycles. The molecule has 1 heterocycles. The summed E-state index contributed by atoms with van der Waals surface area (Å²) in [6, 6.07) is 5.43. The highest BCUT2D eigenvalue weighted by Crippen LogP contribution is 2.23. The SMILES string of the molecule is Cc1[nH]c2ccc(C(N)=O)cc2c1CCN. The Balaban J connectivity index is 2.64. The van der Waals surface area contributed by atoms with Crippen molar-refractivity contribution in [2.45, 2.75) is 13.3 Å². The molecule has 0 saturated carbocycles. The zero-order valence-electron chi connectivity index (χ0n) is 9.21. The van der Waals surface area contributed by atoms with Gasteiger partial charge in [0.05, 0.1) is 0 Å². The predicted octanol–water partition coefficient (Wildman–Crippen LogP) is 1.08. The molecule has 0 aliphatic rings. The Bertz CT molecular complexity index is 542. The number of amides is 1. The predicted molar refractivity (Wildman–Crippen MR) is 64.3 cm³/mol. The van der Waals surface area contributed by atoms with Gasteiger partial charge >= 0.3 is 0 Å². The molecule has 4 heteroatoms. The summed E-state index contributed by atoms with van der Waals surface area (Å²) in [6.07, 6.45) is 0.800. The maximum Gasteiger partial charge on any atom is 0.248 e. The minimum absolute atomic E-state index is 0.403. The quantitative estimate of drug-likeness (QED) is 0.718. The van der Waals surface area contributed by atoms with Crippen molar-refractivity contribution in [1.29, 1.82) is 0 Å². The number of hydrogen-bond acceptors (Lipinski definition) is 2. The van der Waals surface area contributed by atoms with E-state index in [-0.39, 0.29) is 0 Å². The fraction of sp³-hybridized carbons (Fsp3) is 0.250. The van der Waals surface area contributed by atoms with Gasteiger partial charge in [0, 0.05) is 22.2 Å². The molecular formula is C12H15N3O. The molecule has 0 unspecified atom stereocenters. The number of primary amides is 1. The summed E-state index contributed by atoms with van der Waals surface area (Å²) in [6.45, 7) is 2.60. The van der Waals surface area contributed by atoms with Crippen molar-refractivity contribution < 1.29 is 4.79 Å². The monoisotopic (exact) mass is 217 g/mol. The molecule has 84 valence electrons. The molecule has 16 heavy (non-hydrogen) atoms. The summed E-state index contributed by atoms with van der Waals surface area (Å²) in [7, 11) is 0. The van der Waals surface area contributed by atoms with E-state index in [9.17, 15) is 4.79 Å². The van der Waals surface area contributed by atoms with Crippen LogP contribution < -0.4 is 11.5 Å². The molecule has 4 nitrogen and oxygen atoms in total. The second-order valence-corrected chi connectivity index (χ2v) is 3.89. The van der Waals surface area contributed by atoms with Crippen LogP contribution in [0.3, 0.4) is 0 Å². The van der Waals surface area contributed by atoms with Gasteiger partial charge < -0.3 is 16.5 Å². The van der Waals surface area contributed by atoms with E-state index in [2.05, 4.69) is 4.98 Å². The van der Waals surface area contributed by atoms with E-state index < -0.39 is 5.91 Å². The van der Waals surface area contributed by atoms with Crippen molar-refractivity contribution in [1.82, 2.24) is 4.98 Å². The number of hydrogen-bond donors (Lipinski definition) is 3. The van der Waals surface area contributed by atoms with E-state index in [1.807, 2.05) is 19.1 Å². The molecule has 2 rings (SSSR count). The van der Waals surface area contributed by atoms with Crippen molar-refractivity contribution in [3.05, 3.63) is 35.0 Å². The Labute approximate surface area is 93.6 Å². The number of aryl methyl sites for hydroxylation is 1. The minimum Gasteiger partial charge on any atom is -0.366 e. The molecule has 2 aromatic rings. The number of carbonyl (C=O) groups is 1. The third-order valence-electron chi connectivity index (χ3n) is 2.80. The van der Waals surface area contributed by atoms with Crippen LogP contribution in [-0.2, 0) is 6.42 Å². The largest absolute Gasteiger partial charge is 0.366 e. The molecule has 1 aromatic heterocycles. The number of fused-ring (bicyclic) bond motifs is 1. The molecule has 0 fully saturated rings. The topological polar surface area (TPSA) is 84.9 Å². The Morgan fingerprint density at radius 3 is 2.81 bits per heavy atom. The standard InChI is InChI=1S/C12H15N3O/c1-7-9(4-5-13)10-6-8(12(14)16)2-3-11(10)15-7/h2-3,6,15H,4-5,13H2,1H3,(H2,14,16). The summed E-state index contributed by atoms with van der Waals surface area (Å²) in [5.74, 6) is -0.403. The number of rotatable bonds is 3. The van der Waals surface area contributed by atoms with Gasteiger partial charge in [0.15, 0.2) is 0 Å². The van der Waals surface area contributed by atoms with Crippen LogP contribution in [0.1, 0.15) is 21.6 Å². The van der Waals surface area contributed by atoms with Gasteiger partial charge in [-0.3, -0.25) is 4.79 Å². The highest BCUT2D eigenvalue weighted by atomic mass is 16.1. The molecule has 0 radical (unpaired) electrons. The molecule has 0 spiro atoms. The number of carbonyl (C=O) groups excluding carboxylic acids is 1. The number of aromatic amines is 1. The summed E-state index contributed by atoms with van der Waals surface area (Å²) < 4.78 is 0. The molecule has 5 N–H and O–H groups in total. The van der Waals surface area contributed by atoms with Crippen LogP contribution in [0.2, 0.25) is 0 Å². The lowest BCUT2D eigenvalue weighted by Gasteiger charge is -1.99. The van der Waals surface area contributed by atoms with Gasteiger partial charge in [-0.1, -0.05) is 0 Å². The van der Waals surface area contributed by atoms with Gasteiger partial charge in [-0.25, -0.2) is 0 Å². The molecule has 0 saturated heterocycles. The number of aromatic nitrogens is 1. The minimum atomic E-state index is -0.403. The summed E-state index contributed by atoms with van der Waals surface area (Å²) in [5.41, 5.74) is 14.7. The van der Waals surface area contributed by atoms with Crippen LogP contribution in [0.15, 0.2) is 18.2 Å². The third kappa shape index (κ3) is 1.67.